The Kier molecular flexibility index (Phi) is 5.22. The SMILES string of the molecule is O=C(C1CC1)N1CCN(c2ccnc3c2C=C(c2ccc(C4CCCOC4)cc2)C3)CC1. The third-order valence-electron chi connectivity index (χ3n) is 7.50. The zero-order valence-corrected chi connectivity index (χ0v) is 18.6. The Morgan fingerprint density at radius 2 is 1.81 bits per heavy atom. The molecule has 5 nitrogen and oxygen atoms in total. The number of ether oxygens (including phenoxy) is 1. The van der Waals surface area contributed by atoms with E-state index in [1.54, 1.807) is 0 Å². The number of rotatable bonds is 4. The van der Waals surface area contributed by atoms with Gasteiger partial charge in [0, 0.05) is 68.5 Å². The van der Waals surface area contributed by atoms with Crippen molar-refractivity contribution in [1.29, 1.82) is 0 Å². The molecule has 1 amide bonds. The van der Waals surface area contributed by atoms with E-state index in [2.05, 4.69) is 46.2 Å². The van der Waals surface area contributed by atoms with Crippen molar-refractivity contribution in [2.75, 3.05) is 44.3 Å². The van der Waals surface area contributed by atoms with Crippen LogP contribution in [0.1, 0.15) is 54.0 Å². The minimum absolute atomic E-state index is 0.314. The lowest BCUT2D eigenvalue weighted by Gasteiger charge is -2.37. The summed E-state index contributed by atoms with van der Waals surface area (Å²) in [6, 6.07) is 11.2. The van der Waals surface area contributed by atoms with Gasteiger partial charge in [-0.25, -0.2) is 0 Å². The minimum Gasteiger partial charge on any atom is -0.381 e. The number of piperazine rings is 1. The van der Waals surface area contributed by atoms with Crippen LogP contribution in [0.15, 0.2) is 36.5 Å². The minimum atomic E-state index is 0.314. The van der Waals surface area contributed by atoms with Crippen molar-refractivity contribution < 1.29 is 9.53 Å². The van der Waals surface area contributed by atoms with Crippen LogP contribution in [-0.4, -0.2) is 55.2 Å². The van der Waals surface area contributed by atoms with E-state index in [1.807, 2.05) is 6.20 Å². The van der Waals surface area contributed by atoms with Gasteiger partial charge in [-0.1, -0.05) is 24.3 Å². The second-order valence-corrected chi connectivity index (χ2v) is 9.66. The van der Waals surface area contributed by atoms with Crippen LogP contribution >= 0.6 is 0 Å². The average Bonchev–Trinajstić information content (AvgIpc) is 3.62. The standard InChI is InChI=1S/C27H31N3O2/c31-27(21-7-8-21)30-13-11-29(12-14-30)26-9-10-28-25-17-23(16-24(25)26)20-5-3-19(4-6-20)22-2-1-15-32-18-22/h3-6,9-10,16,21-22H,1-2,7-8,11-15,17-18H2. The van der Waals surface area contributed by atoms with Gasteiger partial charge >= 0.3 is 0 Å². The van der Waals surface area contributed by atoms with Crippen LogP contribution in [0.2, 0.25) is 0 Å². The van der Waals surface area contributed by atoms with E-state index in [0.29, 0.717) is 17.7 Å². The fourth-order valence-electron chi connectivity index (χ4n) is 5.40. The summed E-state index contributed by atoms with van der Waals surface area (Å²) in [5, 5.41) is 0. The lowest BCUT2D eigenvalue weighted by atomic mass is 9.92. The topological polar surface area (TPSA) is 45.7 Å². The van der Waals surface area contributed by atoms with Crippen molar-refractivity contribution in [1.82, 2.24) is 9.88 Å². The van der Waals surface area contributed by atoms with Gasteiger partial charge in [0.2, 0.25) is 5.91 Å². The molecule has 32 heavy (non-hydrogen) atoms. The lowest BCUT2D eigenvalue weighted by Crippen LogP contribution is -2.49. The molecule has 1 aromatic carbocycles. The molecular formula is C27H31N3O2. The molecule has 2 aliphatic heterocycles. The summed E-state index contributed by atoms with van der Waals surface area (Å²) in [5.74, 6) is 1.22. The molecule has 1 unspecified atom stereocenters. The summed E-state index contributed by atoms with van der Waals surface area (Å²) < 4.78 is 5.67. The molecule has 2 aromatic rings. The third-order valence-corrected chi connectivity index (χ3v) is 7.50. The molecule has 1 aromatic heterocycles. The van der Waals surface area contributed by atoms with Gasteiger partial charge in [-0.3, -0.25) is 9.78 Å². The second-order valence-electron chi connectivity index (χ2n) is 9.66. The fraction of sp³-hybridized carbons (Fsp3) is 0.481. The average molecular weight is 430 g/mol. The van der Waals surface area contributed by atoms with Crippen molar-refractivity contribution in [3.05, 3.63) is 58.9 Å². The Hall–Kier alpha value is -2.66. The summed E-state index contributed by atoms with van der Waals surface area (Å²) in [5.41, 5.74) is 7.71. The highest BCUT2D eigenvalue weighted by molar-refractivity contribution is 5.92. The number of carbonyl (C=O) groups is 1. The molecule has 2 aliphatic carbocycles. The van der Waals surface area contributed by atoms with Crippen LogP contribution in [0.3, 0.4) is 0 Å². The van der Waals surface area contributed by atoms with Crippen LogP contribution in [0.25, 0.3) is 11.6 Å². The number of hydrogen-bond acceptors (Lipinski definition) is 4. The van der Waals surface area contributed by atoms with E-state index in [-0.39, 0.29) is 0 Å². The molecule has 0 bridgehead atoms. The Bertz CT molecular complexity index is 1030. The quantitative estimate of drug-likeness (QED) is 0.733. The van der Waals surface area contributed by atoms with E-state index in [4.69, 9.17) is 9.72 Å². The molecule has 0 spiro atoms. The second kappa shape index (κ2) is 8.36. The Labute approximate surface area is 190 Å². The first kappa shape index (κ1) is 20.0. The molecule has 6 rings (SSSR count). The molecule has 5 heteroatoms. The van der Waals surface area contributed by atoms with Crippen molar-refractivity contribution in [2.45, 2.75) is 38.0 Å². The molecule has 2 saturated heterocycles. The maximum absolute atomic E-state index is 12.4. The molecule has 3 fully saturated rings. The lowest BCUT2D eigenvalue weighted by molar-refractivity contribution is -0.132. The van der Waals surface area contributed by atoms with Crippen LogP contribution in [0.5, 0.6) is 0 Å². The maximum atomic E-state index is 12.4. The number of allylic oxidation sites excluding steroid dienone is 1. The van der Waals surface area contributed by atoms with E-state index in [1.165, 1.54) is 40.1 Å². The number of nitrogens with zero attached hydrogens (tertiary/aromatic N) is 3. The van der Waals surface area contributed by atoms with E-state index in [0.717, 1.165) is 65.1 Å². The van der Waals surface area contributed by atoms with Crippen molar-refractivity contribution in [3.63, 3.8) is 0 Å². The largest absolute Gasteiger partial charge is 0.381 e. The summed E-state index contributed by atoms with van der Waals surface area (Å²) in [6.45, 7) is 5.21. The van der Waals surface area contributed by atoms with Gasteiger partial charge in [0.15, 0.2) is 0 Å². The molecule has 3 heterocycles. The van der Waals surface area contributed by atoms with Crippen molar-refractivity contribution >= 4 is 23.2 Å². The van der Waals surface area contributed by atoms with Gasteiger partial charge in [-0.2, -0.15) is 0 Å². The molecule has 0 N–H and O–H groups in total. The summed E-state index contributed by atoms with van der Waals surface area (Å²) in [7, 11) is 0. The first-order valence-corrected chi connectivity index (χ1v) is 12.2. The van der Waals surface area contributed by atoms with Crippen LogP contribution < -0.4 is 4.90 Å². The van der Waals surface area contributed by atoms with E-state index < -0.39 is 0 Å². The van der Waals surface area contributed by atoms with E-state index >= 15 is 0 Å². The normalized spacial score (nSPS) is 23.1. The van der Waals surface area contributed by atoms with Gasteiger partial charge in [-0.05, 0) is 54.5 Å². The van der Waals surface area contributed by atoms with E-state index in [9.17, 15) is 4.79 Å². The molecule has 4 aliphatic rings. The number of anilines is 1. The number of aromatic nitrogens is 1. The monoisotopic (exact) mass is 429 g/mol. The molecule has 1 saturated carbocycles. The zero-order valence-electron chi connectivity index (χ0n) is 18.6. The highest BCUT2D eigenvalue weighted by Crippen LogP contribution is 2.37. The maximum Gasteiger partial charge on any atom is 0.225 e. The summed E-state index contributed by atoms with van der Waals surface area (Å²) >= 11 is 0. The van der Waals surface area contributed by atoms with Crippen molar-refractivity contribution in [2.24, 2.45) is 5.92 Å². The number of amides is 1. The number of benzene rings is 1. The molecule has 1 atom stereocenters. The first-order chi connectivity index (χ1) is 15.8. The molecular weight excluding hydrogens is 398 g/mol. The highest BCUT2D eigenvalue weighted by atomic mass is 16.5. The number of fused-ring (bicyclic) bond motifs is 1. The number of hydrogen-bond donors (Lipinski definition) is 0. The highest BCUT2D eigenvalue weighted by Gasteiger charge is 2.35. The number of carbonyl (C=O) groups excluding carboxylic acids is 1. The smallest absolute Gasteiger partial charge is 0.225 e. The first-order valence-electron chi connectivity index (χ1n) is 12.2. The molecule has 0 radical (unpaired) electrons. The third kappa shape index (κ3) is 3.83. The van der Waals surface area contributed by atoms with Gasteiger partial charge in [-0.15, -0.1) is 0 Å². The van der Waals surface area contributed by atoms with Crippen LogP contribution in [0, 0.1) is 5.92 Å². The van der Waals surface area contributed by atoms with Crippen molar-refractivity contribution in [3.8, 4) is 0 Å². The fourth-order valence-corrected chi connectivity index (χ4v) is 5.40. The van der Waals surface area contributed by atoms with Gasteiger partial charge in [0.25, 0.3) is 0 Å². The summed E-state index contributed by atoms with van der Waals surface area (Å²) in [4.78, 5) is 21.6. The zero-order chi connectivity index (χ0) is 21.5. The van der Waals surface area contributed by atoms with Gasteiger partial charge in [0.05, 0.1) is 12.3 Å². The molecule has 166 valence electrons. The Morgan fingerprint density at radius 3 is 2.53 bits per heavy atom. The number of pyridine rings is 1. The van der Waals surface area contributed by atoms with Crippen LogP contribution in [-0.2, 0) is 16.0 Å². The Balaban J connectivity index is 1.18. The Morgan fingerprint density at radius 1 is 1.00 bits per heavy atom. The van der Waals surface area contributed by atoms with Gasteiger partial charge < -0.3 is 14.5 Å². The predicted octanol–water partition coefficient (Wildman–Crippen LogP) is 4.13. The summed E-state index contributed by atoms with van der Waals surface area (Å²) in [6.07, 6.45) is 9.70. The predicted molar refractivity (Wildman–Crippen MR) is 127 cm³/mol. The van der Waals surface area contributed by atoms with Gasteiger partial charge in [0.1, 0.15) is 0 Å². The van der Waals surface area contributed by atoms with Crippen LogP contribution in [0.4, 0.5) is 5.69 Å².